The van der Waals surface area contributed by atoms with Crippen LogP contribution in [-0.4, -0.2) is 60.6 Å². The number of carbonyl (C=O) groups excluding carboxylic acids is 4. The Morgan fingerprint density at radius 1 is 0.955 bits per heavy atom. The predicted octanol–water partition coefficient (Wildman–Crippen LogP) is 7.92. The number of amides is 3. The average molecular weight is 980 g/mol. The van der Waals surface area contributed by atoms with Crippen molar-refractivity contribution in [3.8, 4) is 28.7 Å². The van der Waals surface area contributed by atoms with E-state index in [1.54, 1.807) is 78.9 Å². The fourth-order valence-corrected chi connectivity index (χ4v) is 11.2. The Hall–Kier alpha value is -6.81. The summed E-state index contributed by atoms with van der Waals surface area (Å²) in [6.45, 7) is 2.69. The Balaban J connectivity index is 1.05. The molecule has 19 heteroatoms. The van der Waals surface area contributed by atoms with Gasteiger partial charge in [0.1, 0.15) is 30.2 Å². The zero-order chi connectivity index (χ0) is 47.6. The van der Waals surface area contributed by atoms with E-state index >= 15 is 0 Å². The highest BCUT2D eigenvalue weighted by molar-refractivity contribution is 7.91. The van der Waals surface area contributed by atoms with E-state index in [9.17, 15) is 27.6 Å². The maximum Gasteiger partial charge on any atom is 0.328 e. The first kappa shape index (κ1) is 46.7. The van der Waals surface area contributed by atoms with Crippen LogP contribution in [0.1, 0.15) is 52.1 Å². The number of thiazole rings is 1. The highest BCUT2D eigenvalue weighted by atomic mass is 35.5. The lowest BCUT2D eigenvalue weighted by Gasteiger charge is -2.36. The summed E-state index contributed by atoms with van der Waals surface area (Å²) in [4.78, 5) is 57.5. The first-order chi connectivity index (χ1) is 32.1. The van der Waals surface area contributed by atoms with Gasteiger partial charge in [-0.15, -0.1) is 0 Å². The van der Waals surface area contributed by atoms with Crippen molar-refractivity contribution in [3.05, 3.63) is 152 Å². The number of carbonyl (C=O) groups is 4. The first-order valence-corrected chi connectivity index (χ1v) is 23.7. The summed E-state index contributed by atoms with van der Waals surface area (Å²) in [6, 6.07) is 29.2. The highest BCUT2D eigenvalue weighted by Crippen LogP contribution is 2.42. The van der Waals surface area contributed by atoms with Crippen molar-refractivity contribution in [2.75, 3.05) is 17.7 Å². The van der Waals surface area contributed by atoms with Gasteiger partial charge in [-0.25, -0.2) is 18.2 Å². The molecule has 0 spiro atoms. The molecule has 2 aliphatic rings. The second-order valence-electron chi connectivity index (χ2n) is 15.7. The number of nitriles is 1. The minimum atomic E-state index is -4.51. The number of hydrogen-bond donors (Lipinski definition) is 3. The molecule has 3 amide bonds. The van der Waals surface area contributed by atoms with Gasteiger partial charge in [0.15, 0.2) is 9.34 Å². The van der Waals surface area contributed by atoms with Crippen LogP contribution in [0.4, 0.5) is 10.8 Å². The molecule has 3 heterocycles. The van der Waals surface area contributed by atoms with E-state index in [2.05, 4.69) is 27.0 Å². The zero-order valence-corrected chi connectivity index (χ0v) is 39.1. The lowest BCUT2D eigenvalue weighted by Crippen LogP contribution is -2.56. The summed E-state index contributed by atoms with van der Waals surface area (Å²) < 4.78 is 47.6. The average Bonchev–Trinajstić information content (AvgIpc) is 3.70. The molecule has 0 bridgehead atoms. The summed E-state index contributed by atoms with van der Waals surface area (Å²) in [7, 11) is -3.32. The van der Waals surface area contributed by atoms with Crippen molar-refractivity contribution in [1.82, 2.24) is 14.6 Å². The number of rotatable bonds is 13. The molecule has 3 atom stereocenters. The van der Waals surface area contributed by atoms with Crippen molar-refractivity contribution >= 4 is 79.1 Å². The Morgan fingerprint density at radius 3 is 2.30 bits per heavy atom. The zero-order valence-electron chi connectivity index (χ0n) is 36.0. The number of anilines is 2. The number of aryl methyl sites for hydroxylation is 1. The van der Waals surface area contributed by atoms with Gasteiger partial charge in [0.05, 0.1) is 40.2 Å². The Morgan fingerprint density at radius 2 is 1.64 bits per heavy atom. The van der Waals surface area contributed by atoms with Gasteiger partial charge in [0.25, 0.3) is 15.9 Å². The number of fused-ring (bicyclic) bond motifs is 2. The van der Waals surface area contributed by atoms with E-state index in [1.165, 1.54) is 21.0 Å². The molecule has 0 saturated heterocycles. The number of nitrogens with zero attached hydrogens (tertiary/aromatic N) is 3. The Bertz CT molecular complexity index is 3070. The fraction of sp³-hybridized carbons (Fsp3) is 0.208. The minimum absolute atomic E-state index is 0.0165. The summed E-state index contributed by atoms with van der Waals surface area (Å²) in [5.41, 5.74) is 5.80. The normalized spacial score (nSPS) is 16.0. The Labute approximate surface area is 399 Å². The number of benzene rings is 5. The number of halogens is 2. The number of nitrogens with one attached hydrogen (secondary N) is 3. The Kier molecular flexibility index (Phi) is 13.6. The molecule has 1 aromatic heterocycles. The lowest BCUT2D eigenvalue weighted by molar-refractivity contribution is -0.145. The molecule has 6 aromatic rings. The van der Waals surface area contributed by atoms with Crippen LogP contribution in [0.2, 0.25) is 10.0 Å². The first-order valence-electron chi connectivity index (χ1n) is 20.6. The van der Waals surface area contributed by atoms with E-state index in [1.807, 2.05) is 24.3 Å². The molecular formula is C48H40Cl2N6O9S2. The van der Waals surface area contributed by atoms with Crippen LogP contribution in [-0.2, 0) is 59.9 Å². The van der Waals surface area contributed by atoms with E-state index in [0.717, 1.165) is 32.3 Å². The number of sulfonamides is 1. The molecule has 5 aromatic carbocycles. The van der Waals surface area contributed by atoms with E-state index in [0.29, 0.717) is 49.3 Å². The predicted molar refractivity (Wildman–Crippen MR) is 251 cm³/mol. The largest absolute Gasteiger partial charge is 0.489 e. The van der Waals surface area contributed by atoms with Gasteiger partial charge in [-0.1, -0.05) is 89.1 Å². The molecular weight excluding hydrogens is 940 g/mol. The molecule has 0 fully saturated rings. The van der Waals surface area contributed by atoms with Crippen LogP contribution in [0.25, 0.3) is 11.1 Å². The van der Waals surface area contributed by atoms with Crippen molar-refractivity contribution in [2.45, 2.75) is 62.2 Å². The van der Waals surface area contributed by atoms with Crippen LogP contribution in [0, 0.1) is 18.3 Å². The third-order valence-electron chi connectivity index (χ3n) is 11.1. The van der Waals surface area contributed by atoms with Gasteiger partial charge in [-0.2, -0.15) is 9.57 Å². The SMILES string of the molecule is COC(=O)C(Cc1ccc(-c2ccc(C#N)cc2)cc1)NC(=O)[C@@H]1Cc2cc3c(cc2CN1S(=O)(=O)c1sc(NC(C)=O)nc1C)O[C@@H](c1ccc(OCc2ccc(Cl)c(Cl)c2)cc1)C(=O)N3. The molecule has 1 unspecified atom stereocenters. The van der Waals surface area contributed by atoms with Crippen molar-refractivity contribution in [2.24, 2.45) is 0 Å². The van der Waals surface area contributed by atoms with Crippen LogP contribution in [0.15, 0.2) is 107 Å². The monoisotopic (exact) mass is 978 g/mol. The summed E-state index contributed by atoms with van der Waals surface area (Å²) in [6.07, 6.45) is -1.20. The van der Waals surface area contributed by atoms with Crippen molar-refractivity contribution in [3.63, 3.8) is 0 Å². The molecule has 3 N–H and O–H groups in total. The second-order valence-corrected chi connectivity index (χ2v) is 19.6. The van der Waals surface area contributed by atoms with Gasteiger partial charge in [0, 0.05) is 25.5 Å². The van der Waals surface area contributed by atoms with Gasteiger partial charge in [-0.05, 0) is 95.3 Å². The number of ether oxygens (including phenoxy) is 3. The molecule has 0 radical (unpaired) electrons. The van der Waals surface area contributed by atoms with Crippen LogP contribution < -0.4 is 25.4 Å². The summed E-state index contributed by atoms with van der Waals surface area (Å²) in [5, 5.41) is 18.3. The maximum absolute atomic E-state index is 14.7. The van der Waals surface area contributed by atoms with Gasteiger partial charge < -0.3 is 30.2 Å². The molecule has 2 aliphatic heterocycles. The standard InChI is InChI=1S/C48H40Cl2N6O9S2/c1-26-47(66-48(52-26)53-27(2)57)67(61,62)56-24-35-22-42-39(54-45(59)43(65-42)33-13-15-36(16-14-33)64-25-30-8-17-37(49)38(50)18-30)20-34(35)21-41(56)44(58)55-40(46(60)63-3)19-28-4-9-31(10-5-28)32-11-6-29(23-51)7-12-32/h4-18,20,22,40-41,43H,19,21,24-25H2,1-3H3,(H,54,59)(H,55,58)(H,52,53,57)/t40?,41-,43-/m0/s1. The van der Waals surface area contributed by atoms with Crippen LogP contribution in [0.3, 0.4) is 0 Å². The summed E-state index contributed by atoms with van der Waals surface area (Å²) in [5.74, 6) is -1.60. The van der Waals surface area contributed by atoms with Gasteiger partial charge in [0.2, 0.25) is 17.9 Å². The highest BCUT2D eigenvalue weighted by Gasteiger charge is 2.43. The molecule has 67 heavy (non-hydrogen) atoms. The summed E-state index contributed by atoms with van der Waals surface area (Å²) >= 11 is 12.9. The molecule has 0 aliphatic carbocycles. The minimum Gasteiger partial charge on any atom is -0.489 e. The molecule has 15 nitrogen and oxygen atoms in total. The smallest absolute Gasteiger partial charge is 0.328 e. The number of aromatic nitrogens is 1. The molecule has 8 rings (SSSR count). The maximum atomic E-state index is 14.7. The fourth-order valence-electron chi connectivity index (χ4n) is 7.74. The van der Waals surface area contributed by atoms with Crippen LogP contribution in [0.5, 0.6) is 11.5 Å². The van der Waals surface area contributed by atoms with Crippen molar-refractivity contribution < 1.29 is 41.8 Å². The van der Waals surface area contributed by atoms with Crippen molar-refractivity contribution in [1.29, 1.82) is 5.26 Å². The number of hydrogen-bond acceptors (Lipinski definition) is 12. The lowest BCUT2D eigenvalue weighted by atomic mass is 9.93. The second kappa shape index (κ2) is 19.6. The number of esters is 1. The molecule has 342 valence electrons. The van der Waals surface area contributed by atoms with Crippen LogP contribution >= 0.6 is 34.5 Å². The number of methoxy groups -OCH3 is 1. The quantitative estimate of drug-likeness (QED) is 0.0948. The third kappa shape index (κ3) is 10.3. The van der Waals surface area contributed by atoms with Gasteiger partial charge in [-0.3, -0.25) is 14.4 Å². The van der Waals surface area contributed by atoms with E-state index < -0.39 is 51.9 Å². The van der Waals surface area contributed by atoms with E-state index in [4.69, 9.17) is 42.7 Å². The van der Waals surface area contributed by atoms with E-state index in [-0.39, 0.29) is 46.8 Å². The molecule has 0 saturated carbocycles. The van der Waals surface area contributed by atoms with Gasteiger partial charge >= 0.3 is 5.97 Å². The third-order valence-corrected chi connectivity index (χ3v) is 15.4. The topological polar surface area (TPSA) is 206 Å².